The zero-order valence-electron chi connectivity index (χ0n) is 13.4. The first-order valence-electron chi connectivity index (χ1n) is 7.38. The number of hydrogen-bond donors (Lipinski definition) is 2. The van der Waals surface area contributed by atoms with Gasteiger partial charge in [-0.3, -0.25) is 4.79 Å². The Balaban J connectivity index is 2.26. The van der Waals surface area contributed by atoms with E-state index in [9.17, 15) is 4.79 Å². The molecule has 117 valence electrons. The number of carbonyl (C=O) groups is 1. The zero-order valence-corrected chi connectivity index (χ0v) is 13.4. The number of hydrogen-bond acceptors (Lipinski definition) is 3. The fourth-order valence-electron chi connectivity index (χ4n) is 2.63. The minimum absolute atomic E-state index is 0.0245. The van der Waals surface area contributed by atoms with Crippen LogP contribution in [-0.4, -0.2) is 15.7 Å². The molecular weight excluding hydrogens is 288 g/mol. The molecule has 1 amide bonds. The molecule has 0 spiro atoms. The molecule has 0 fully saturated rings. The van der Waals surface area contributed by atoms with E-state index in [4.69, 9.17) is 11.5 Å². The summed E-state index contributed by atoms with van der Waals surface area (Å²) in [5, 5.41) is 4.94. The van der Waals surface area contributed by atoms with Crippen LogP contribution in [0.1, 0.15) is 36.7 Å². The summed E-state index contributed by atoms with van der Waals surface area (Å²) in [6.45, 7) is 6.46. The van der Waals surface area contributed by atoms with Gasteiger partial charge in [0.15, 0.2) is 5.82 Å². The van der Waals surface area contributed by atoms with Gasteiger partial charge in [0.1, 0.15) is 0 Å². The van der Waals surface area contributed by atoms with Gasteiger partial charge in [-0.05, 0) is 35.2 Å². The Hall–Kier alpha value is -2.82. The maximum Gasteiger partial charge on any atom is 0.250 e. The number of primary amides is 1. The van der Waals surface area contributed by atoms with E-state index in [2.05, 4.69) is 44.1 Å². The number of nitrogen functional groups attached to an aromatic ring is 1. The highest BCUT2D eigenvalue weighted by atomic mass is 16.1. The normalized spacial score (nSPS) is 11.8. The van der Waals surface area contributed by atoms with Crippen molar-refractivity contribution < 1.29 is 4.79 Å². The molecule has 0 aliphatic carbocycles. The van der Waals surface area contributed by atoms with Gasteiger partial charge in [0, 0.05) is 0 Å². The number of benzene rings is 2. The highest BCUT2D eigenvalue weighted by molar-refractivity contribution is 6.09. The van der Waals surface area contributed by atoms with Crippen LogP contribution >= 0.6 is 0 Å². The minimum Gasteiger partial charge on any atom is -0.382 e. The molecule has 0 atom stereocenters. The van der Waals surface area contributed by atoms with Crippen LogP contribution in [0.5, 0.6) is 0 Å². The van der Waals surface area contributed by atoms with Gasteiger partial charge in [-0.25, -0.2) is 4.68 Å². The molecule has 0 unspecified atom stereocenters. The van der Waals surface area contributed by atoms with Crippen molar-refractivity contribution in [3.8, 4) is 5.69 Å². The third-order valence-electron chi connectivity index (χ3n) is 3.87. The van der Waals surface area contributed by atoms with Gasteiger partial charge < -0.3 is 11.5 Å². The van der Waals surface area contributed by atoms with E-state index >= 15 is 0 Å². The second kappa shape index (κ2) is 5.12. The molecule has 0 saturated carbocycles. The Labute approximate surface area is 134 Å². The van der Waals surface area contributed by atoms with Crippen LogP contribution in [-0.2, 0) is 5.41 Å². The van der Waals surface area contributed by atoms with Gasteiger partial charge in [0.2, 0.25) is 5.91 Å². The van der Waals surface area contributed by atoms with E-state index in [0.29, 0.717) is 5.39 Å². The van der Waals surface area contributed by atoms with E-state index < -0.39 is 5.91 Å². The molecule has 2 aromatic carbocycles. The van der Waals surface area contributed by atoms with Crippen molar-refractivity contribution in [2.24, 2.45) is 5.73 Å². The fraction of sp³-hybridized carbons (Fsp3) is 0.222. The van der Waals surface area contributed by atoms with Crippen molar-refractivity contribution in [1.82, 2.24) is 9.78 Å². The molecule has 1 heterocycles. The van der Waals surface area contributed by atoms with E-state index in [1.165, 1.54) is 5.56 Å². The van der Waals surface area contributed by atoms with Gasteiger partial charge in [-0.15, -0.1) is 5.10 Å². The Morgan fingerprint density at radius 2 is 2.00 bits per heavy atom. The first kappa shape index (κ1) is 15.1. The number of carbonyl (C=O) groups excluding carboxylic acids is 1. The molecule has 0 bridgehead atoms. The van der Waals surface area contributed by atoms with Crippen LogP contribution in [0.2, 0.25) is 0 Å². The Morgan fingerprint density at radius 1 is 1.26 bits per heavy atom. The lowest BCUT2D eigenvalue weighted by atomic mass is 9.87. The lowest BCUT2D eigenvalue weighted by Crippen LogP contribution is -2.12. The molecule has 0 aliphatic heterocycles. The number of fused-ring (bicyclic) bond motifs is 1. The number of nitrogens with two attached hydrogens (primary N) is 2. The van der Waals surface area contributed by atoms with Crippen LogP contribution in [0.25, 0.3) is 16.6 Å². The summed E-state index contributed by atoms with van der Waals surface area (Å²) in [5.41, 5.74) is 14.5. The van der Waals surface area contributed by atoms with Gasteiger partial charge in [-0.1, -0.05) is 39.0 Å². The van der Waals surface area contributed by atoms with Crippen molar-refractivity contribution >= 4 is 22.6 Å². The molecular formula is C18H19N4O. The van der Waals surface area contributed by atoms with Crippen LogP contribution in [0.15, 0.2) is 36.4 Å². The molecule has 5 nitrogen and oxygen atoms in total. The topological polar surface area (TPSA) is 86.9 Å². The third-order valence-corrected chi connectivity index (χ3v) is 3.87. The van der Waals surface area contributed by atoms with Gasteiger partial charge in [0.25, 0.3) is 0 Å². The molecule has 0 saturated heterocycles. The zero-order chi connectivity index (χ0) is 16.8. The van der Waals surface area contributed by atoms with Crippen molar-refractivity contribution in [1.29, 1.82) is 0 Å². The largest absolute Gasteiger partial charge is 0.382 e. The monoisotopic (exact) mass is 307 g/mol. The second-order valence-corrected chi connectivity index (χ2v) is 6.57. The molecule has 1 aromatic heterocycles. The maximum atomic E-state index is 11.6. The van der Waals surface area contributed by atoms with Crippen molar-refractivity contribution in [2.45, 2.75) is 26.2 Å². The summed E-state index contributed by atoms with van der Waals surface area (Å²) >= 11 is 0. The average molecular weight is 307 g/mol. The van der Waals surface area contributed by atoms with Gasteiger partial charge in [-0.2, -0.15) is 0 Å². The maximum absolute atomic E-state index is 11.6. The summed E-state index contributed by atoms with van der Waals surface area (Å²) < 4.78 is 1.74. The fourth-order valence-corrected chi connectivity index (χ4v) is 2.63. The predicted molar refractivity (Wildman–Crippen MR) is 91.5 cm³/mol. The van der Waals surface area contributed by atoms with Crippen molar-refractivity contribution in [3.63, 3.8) is 0 Å². The van der Waals surface area contributed by atoms with Crippen LogP contribution in [0, 0.1) is 6.07 Å². The predicted octanol–water partition coefficient (Wildman–Crippen LogP) is 2.80. The smallest absolute Gasteiger partial charge is 0.250 e. The molecule has 5 heteroatoms. The van der Waals surface area contributed by atoms with Crippen molar-refractivity contribution in [3.05, 3.63) is 53.6 Å². The standard InChI is InChI=1S/C18H19N4O/c1-18(2,3)11-6-4-7-12(10-11)22-14-9-5-8-13(17(20)23)15(14)16(19)21-22/h4-7,9-10H,1-3H3,(H2,19,21)(H2,20,23). The molecule has 0 aliphatic rings. The van der Waals surface area contributed by atoms with Gasteiger partial charge >= 0.3 is 0 Å². The number of anilines is 1. The van der Waals surface area contributed by atoms with E-state index in [1.54, 1.807) is 10.7 Å². The van der Waals surface area contributed by atoms with Crippen LogP contribution < -0.4 is 11.5 Å². The number of amides is 1. The first-order chi connectivity index (χ1) is 10.8. The quantitative estimate of drug-likeness (QED) is 0.763. The first-order valence-corrected chi connectivity index (χ1v) is 7.38. The summed E-state index contributed by atoms with van der Waals surface area (Å²) in [6, 6.07) is 14.4. The SMILES string of the molecule is CC(C)(C)c1cccc(-n2nc(N)c3c(C(N)=O)[c]ccc32)c1. The van der Waals surface area contributed by atoms with Crippen LogP contribution in [0.4, 0.5) is 5.82 Å². The molecule has 3 rings (SSSR count). The van der Waals surface area contributed by atoms with Crippen LogP contribution in [0.3, 0.4) is 0 Å². The molecule has 4 N–H and O–H groups in total. The lowest BCUT2D eigenvalue weighted by molar-refractivity contribution is 0.100. The highest BCUT2D eigenvalue weighted by Crippen LogP contribution is 2.29. The second-order valence-electron chi connectivity index (χ2n) is 6.57. The lowest BCUT2D eigenvalue weighted by Gasteiger charge is -2.19. The van der Waals surface area contributed by atoms with E-state index in [-0.39, 0.29) is 16.8 Å². The minimum atomic E-state index is -0.565. The third kappa shape index (κ3) is 2.54. The summed E-state index contributed by atoms with van der Waals surface area (Å²) in [6.07, 6.45) is 0. The Kier molecular flexibility index (Phi) is 3.36. The highest BCUT2D eigenvalue weighted by Gasteiger charge is 2.18. The van der Waals surface area contributed by atoms with Gasteiger partial charge in [0.05, 0.1) is 22.2 Å². The Morgan fingerprint density at radius 3 is 2.65 bits per heavy atom. The average Bonchev–Trinajstić information content (AvgIpc) is 2.84. The number of aromatic nitrogens is 2. The Bertz CT molecular complexity index is 903. The number of rotatable bonds is 2. The van der Waals surface area contributed by atoms with E-state index in [1.807, 2.05) is 18.2 Å². The summed E-state index contributed by atoms with van der Waals surface area (Å²) in [4.78, 5) is 11.6. The molecule has 1 radical (unpaired) electrons. The summed E-state index contributed by atoms with van der Waals surface area (Å²) in [5.74, 6) is -0.294. The summed E-state index contributed by atoms with van der Waals surface area (Å²) in [7, 11) is 0. The molecule has 23 heavy (non-hydrogen) atoms. The van der Waals surface area contributed by atoms with E-state index in [0.717, 1.165) is 11.2 Å². The van der Waals surface area contributed by atoms with Crippen molar-refractivity contribution in [2.75, 3.05) is 5.73 Å². The molecule has 3 aromatic rings. The number of nitrogens with zero attached hydrogens (tertiary/aromatic N) is 2.